The molecule has 0 aromatic heterocycles. The lowest BCUT2D eigenvalue weighted by molar-refractivity contribution is -0.0990. The van der Waals surface area contributed by atoms with Crippen molar-refractivity contribution in [3.63, 3.8) is 0 Å². The predicted molar refractivity (Wildman–Crippen MR) is 38.3 cm³/mol. The molecular weight excluding hydrogens is 131 g/mol. The van der Waals surface area contributed by atoms with Gasteiger partial charge >= 0.3 is 0 Å². The summed E-state index contributed by atoms with van der Waals surface area (Å²) in [6.07, 6.45) is 3.37. The van der Waals surface area contributed by atoms with Crippen molar-refractivity contribution in [1.29, 1.82) is 0 Å². The molecular formula is C8H15FO. The van der Waals surface area contributed by atoms with E-state index in [0.29, 0.717) is 18.8 Å². The minimum Gasteiger partial charge on any atom is -0.362 e. The highest BCUT2D eigenvalue weighted by Crippen LogP contribution is 2.30. The Labute approximate surface area is 61.2 Å². The first-order valence-electron chi connectivity index (χ1n) is 4.01. The van der Waals surface area contributed by atoms with Gasteiger partial charge in [-0.25, -0.2) is 4.39 Å². The molecule has 0 heterocycles. The van der Waals surface area contributed by atoms with Gasteiger partial charge < -0.3 is 5.11 Å². The van der Waals surface area contributed by atoms with Crippen LogP contribution in [0.3, 0.4) is 0 Å². The van der Waals surface area contributed by atoms with Gasteiger partial charge in [-0.05, 0) is 18.8 Å². The van der Waals surface area contributed by atoms with Crippen molar-refractivity contribution in [2.75, 3.05) is 0 Å². The van der Waals surface area contributed by atoms with Crippen LogP contribution >= 0.6 is 0 Å². The highest BCUT2D eigenvalue weighted by Gasteiger charge is 2.28. The van der Waals surface area contributed by atoms with Crippen molar-refractivity contribution in [3.05, 3.63) is 0 Å². The zero-order chi connectivity index (χ0) is 7.61. The van der Waals surface area contributed by atoms with Crippen molar-refractivity contribution in [1.82, 2.24) is 0 Å². The molecule has 1 rings (SSSR count). The molecule has 0 amide bonds. The summed E-state index contributed by atoms with van der Waals surface area (Å²) in [7, 11) is 0. The van der Waals surface area contributed by atoms with E-state index in [2.05, 4.69) is 6.92 Å². The number of hydrogen-bond acceptors (Lipinski definition) is 1. The van der Waals surface area contributed by atoms with Crippen LogP contribution in [0.4, 0.5) is 4.39 Å². The van der Waals surface area contributed by atoms with Crippen LogP contribution in [-0.2, 0) is 0 Å². The van der Waals surface area contributed by atoms with E-state index in [9.17, 15) is 4.39 Å². The Morgan fingerprint density at radius 1 is 1.40 bits per heavy atom. The molecule has 1 nitrogen and oxygen atoms in total. The Bertz CT molecular complexity index is 112. The van der Waals surface area contributed by atoms with E-state index >= 15 is 0 Å². The summed E-state index contributed by atoms with van der Waals surface area (Å²) in [6, 6.07) is 0. The van der Waals surface area contributed by atoms with Crippen LogP contribution in [0.25, 0.3) is 0 Å². The molecule has 0 aliphatic heterocycles. The summed E-state index contributed by atoms with van der Waals surface area (Å²) in [5.74, 6) is -1.27. The van der Waals surface area contributed by atoms with Gasteiger partial charge in [0.15, 0.2) is 0 Å². The van der Waals surface area contributed by atoms with Crippen molar-refractivity contribution in [2.24, 2.45) is 5.92 Å². The Morgan fingerprint density at radius 3 is 2.80 bits per heavy atom. The molecule has 0 radical (unpaired) electrons. The second kappa shape index (κ2) is 2.87. The van der Waals surface area contributed by atoms with Crippen LogP contribution in [0.5, 0.6) is 0 Å². The van der Waals surface area contributed by atoms with Gasteiger partial charge in [0.1, 0.15) is 0 Å². The van der Waals surface area contributed by atoms with Gasteiger partial charge in [-0.15, -0.1) is 0 Å². The summed E-state index contributed by atoms with van der Waals surface area (Å²) >= 11 is 0. The molecule has 0 aromatic carbocycles. The number of rotatable bonds is 0. The third-order valence-corrected chi connectivity index (χ3v) is 2.28. The van der Waals surface area contributed by atoms with Crippen molar-refractivity contribution in [2.45, 2.75) is 44.9 Å². The first-order chi connectivity index (χ1) is 4.60. The SMILES string of the molecule is CC1CCCC(O)(F)CC1. The van der Waals surface area contributed by atoms with Crippen LogP contribution in [0, 0.1) is 5.92 Å². The normalized spacial score (nSPS) is 42.9. The summed E-state index contributed by atoms with van der Waals surface area (Å²) in [5, 5.41) is 9.01. The molecule has 1 aliphatic carbocycles. The molecule has 60 valence electrons. The van der Waals surface area contributed by atoms with Gasteiger partial charge in [0, 0.05) is 12.8 Å². The number of hydrogen-bond donors (Lipinski definition) is 1. The average molecular weight is 146 g/mol. The fraction of sp³-hybridized carbons (Fsp3) is 1.00. The van der Waals surface area contributed by atoms with Crippen molar-refractivity contribution < 1.29 is 9.50 Å². The van der Waals surface area contributed by atoms with E-state index < -0.39 is 5.85 Å². The van der Waals surface area contributed by atoms with E-state index in [1.165, 1.54) is 0 Å². The topological polar surface area (TPSA) is 20.2 Å². The third kappa shape index (κ3) is 2.25. The predicted octanol–water partition coefficient (Wildman–Crippen LogP) is 2.24. The van der Waals surface area contributed by atoms with Crippen LogP contribution in [0.2, 0.25) is 0 Å². The molecule has 2 heteroatoms. The van der Waals surface area contributed by atoms with E-state index in [0.717, 1.165) is 19.3 Å². The minimum atomic E-state index is -1.86. The molecule has 1 saturated carbocycles. The smallest absolute Gasteiger partial charge is 0.206 e. The second-order valence-electron chi connectivity index (χ2n) is 3.45. The molecule has 0 bridgehead atoms. The van der Waals surface area contributed by atoms with Crippen LogP contribution in [0.1, 0.15) is 39.0 Å². The van der Waals surface area contributed by atoms with Crippen molar-refractivity contribution >= 4 is 0 Å². The second-order valence-corrected chi connectivity index (χ2v) is 3.45. The van der Waals surface area contributed by atoms with Crippen LogP contribution < -0.4 is 0 Å². The van der Waals surface area contributed by atoms with Crippen LogP contribution in [0.15, 0.2) is 0 Å². The maximum absolute atomic E-state index is 12.9. The van der Waals surface area contributed by atoms with Gasteiger partial charge in [-0.2, -0.15) is 0 Å². The maximum Gasteiger partial charge on any atom is 0.206 e. The summed E-state index contributed by atoms with van der Waals surface area (Å²) in [6.45, 7) is 2.11. The molecule has 0 spiro atoms. The average Bonchev–Trinajstić information content (AvgIpc) is 1.94. The molecule has 1 N–H and O–H groups in total. The highest BCUT2D eigenvalue weighted by molar-refractivity contribution is 4.72. The zero-order valence-corrected chi connectivity index (χ0v) is 6.44. The molecule has 10 heavy (non-hydrogen) atoms. The lowest BCUT2D eigenvalue weighted by Gasteiger charge is -2.14. The highest BCUT2D eigenvalue weighted by atomic mass is 19.2. The standard InChI is InChI=1S/C8H15FO/c1-7-3-2-5-8(9,10)6-4-7/h7,10H,2-6H2,1H3. The first-order valence-corrected chi connectivity index (χ1v) is 4.01. The lowest BCUT2D eigenvalue weighted by atomic mass is 10.0. The summed E-state index contributed by atoms with van der Waals surface area (Å²) in [4.78, 5) is 0. The largest absolute Gasteiger partial charge is 0.362 e. The Morgan fingerprint density at radius 2 is 2.10 bits per heavy atom. The minimum absolute atomic E-state index is 0.328. The van der Waals surface area contributed by atoms with Crippen LogP contribution in [-0.4, -0.2) is 11.0 Å². The quantitative estimate of drug-likeness (QED) is 0.520. The fourth-order valence-corrected chi connectivity index (χ4v) is 1.46. The Hall–Kier alpha value is -0.110. The number of aliphatic hydroxyl groups is 1. The molecule has 1 aliphatic rings. The van der Waals surface area contributed by atoms with E-state index in [4.69, 9.17) is 5.11 Å². The van der Waals surface area contributed by atoms with E-state index in [1.807, 2.05) is 0 Å². The number of halogens is 1. The molecule has 2 unspecified atom stereocenters. The monoisotopic (exact) mass is 146 g/mol. The maximum atomic E-state index is 12.9. The van der Waals surface area contributed by atoms with Gasteiger partial charge in [0.25, 0.3) is 0 Å². The van der Waals surface area contributed by atoms with Gasteiger partial charge in [0.2, 0.25) is 5.85 Å². The van der Waals surface area contributed by atoms with Gasteiger partial charge in [-0.1, -0.05) is 13.3 Å². The Kier molecular flexibility index (Phi) is 2.29. The van der Waals surface area contributed by atoms with Gasteiger partial charge in [0.05, 0.1) is 0 Å². The third-order valence-electron chi connectivity index (χ3n) is 2.28. The fourth-order valence-electron chi connectivity index (χ4n) is 1.46. The molecule has 1 fully saturated rings. The zero-order valence-electron chi connectivity index (χ0n) is 6.44. The summed E-state index contributed by atoms with van der Waals surface area (Å²) in [5.41, 5.74) is 0. The van der Waals surface area contributed by atoms with Crippen molar-refractivity contribution in [3.8, 4) is 0 Å². The van der Waals surface area contributed by atoms with E-state index in [1.54, 1.807) is 0 Å². The lowest BCUT2D eigenvalue weighted by Crippen LogP contribution is -2.20. The van der Waals surface area contributed by atoms with Gasteiger partial charge in [-0.3, -0.25) is 0 Å². The van der Waals surface area contributed by atoms with E-state index in [-0.39, 0.29) is 0 Å². The first kappa shape index (κ1) is 7.99. The number of alkyl halides is 1. The Balaban J connectivity index is 2.41. The summed E-state index contributed by atoms with van der Waals surface area (Å²) < 4.78 is 12.9. The molecule has 0 aromatic rings. The molecule has 0 saturated heterocycles. The molecule has 2 atom stereocenters.